The highest BCUT2D eigenvalue weighted by atomic mass is 16.3. The van der Waals surface area contributed by atoms with Gasteiger partial charge in [0, 0.05) is 29.9 Å². The molecule has 0 spiro atoms. The van der Waals surface area contributed by atoms with E-state index in [4.69, 9.17) is 5.11 Å². The second-order valence-electron chi connectivity index (χ2n) is 5.47. The van der Waals surface area contributed by atoms with Gasteiger partial charge in [-0.25, -0.2) is 4.98 Å². The number of phenols is 1. The van der Waals surface area contributed by atoms with Gasteiger partial charge in [-0.05, 0) is 36.8 Å². The predicted molar refractivity (Wildman–Crippen MR) is 94.0 cm³/mol. The molecule has 0 unspecified atom stereocenters. The molecule has 0 fully saturated rings. The number of aryl methyl sites for hydroxylation is 1. The minimum absolute atomic E-state index is 0.0720. The van der Waals surface area contributed by atoms with Gasteiger partial charge in [0.1, 0.15) is 11.6 Å². The summed E-state index contributed by atoms with van der Waals surface area (Å²) >= 11 is 0. The van der Waals surface area contributed by atoms with Crippen LogP contribution >= 0.6 is 0 Å². The van der Waals surface area contributed by atoms with E-state index in [0.29, 0.717) is 12.1 Å². The molecule has 4 nitrogen and oxygen atoms in total. The second kappa shape index (κ2) is 7.03. The first kappa shape index (κ1) is 15.9. The molecule has 0 bridgehead atoms. The van der Waals surface area contributed by atoms with Crippen LogP contribution < -0.4 is 0 Å². The lowest BCUT2D eigenvalue weighted by molar-refractivity contribution is 0.305. The largest absolute Gasteiger partial charge is 0.506 e. The van der Waals surface area contributed by atoms with Crippen LogP contribution in [0.15, 0.2) is 54.9 Å². The molecule has 0 atom stereocenters. The highest BCUT2D eigenvalue weighted by Gasteiger charge is 2.10. The van der Waals surface area contributed by atoms with E-state index in [2.05, 4.69) is 16.8 Å². The summed E-state index contributed by atoms with van der Waals surface area (Å²) in [6.45, 7) is 2.01. The summed E-state index contributed by atoms with van der Waals surface area (Å²) in [5, 5.41) is 19.0. The molecule has 24 heavy (non-hydrogen) atoms. The third-order valence-electron chi connectivity index (χ3n) is 3.64. The van der Waals surface area contributed by atoms with Crippen molar-refractivity contribution in [2.45, 2.75) is 13.3 Å². The van der Waals surface area contributed by atoms with Crippen LogP contribution in [0.3, 0.4) is 0 Å². The Morgan fingerprint density at radius 1 is 1.12 bits per heavy atom. The van der Waals surface area contributed by atoms with Crippen LogP contribution in [-0.2, 0) is 0 Å². The monoisotopic (exact) mass is 318 g/mol. The molecule has 0 aliphatic heterocycles. The average molecular weight is 318 g/mol. The summed E-state index contributed by atoms with van der Waals surface area (Å²) in [4.78, 5) is 4.41. The summed E-state index contributed by atoms with van der Waals surface area (Å²) in [5.74, 6) is 6.88. The lowest BCUT2D eigenvalue weighted by atomic mass is 10.1. The van der Waals surface area contributed by atoms with Crippen molar-refractivity contribution in [3.63, 3.8) is 0 Å². The summed E-state index contributed by atoms with van der Waals surface area (Å²) < 4.78 is 1.86. The fourth-order valence-corrected chi connectivity index (χ4v) is 2.47. The van der Waals surface area contributed by atoms with Gasteiger partial charge in [-0.1, -0.05) is 30.0 Å². The number of rotatable bonds is 3. The van der Waals surface area contributed by atoms with Crippen LogP contribution in [0.25, 0.3) is 17.1 Å². The number of nitrogens with zero attached hydrogens (tertiary/aromatic N) is 2. The molecule has 120 valence electrons. The minimum atomic E-state index is 0.0720. The average Bonchev–Trinajstić information content (AvgIpc) is 3.05. The lowest BCUT2D eigenvalue weighted by Gasteiger charge is -2.10. The van der Waals surface area contributed by atoms with Gasteiger partial charge in [0.25, 0.3) is 0 Å². The smallest absolute Gasteiger partial charge is 0.144 e. The Hall–Kier alpha value is -3.03. The van der Waals surface area contributed by atoms with Gasteiger partial charge in [0.05, 0.1) is 12.3 Å². The highest BCUT2D eigenvalue weighted by molar-refractivity contribution is 5.62. The predicted octanol–water partition coefficient (Wildman–Crippen LogP) is 3.29. The molecule has 0 aliphatic rings. The zero-order valence-electron chi connectivity index (χ0n) is 13.4. The molecule has 0 saturated heterocycles. The van der Waals surface area contributed by atoms with E-state index < -0.39 is 0 Å². The first-order chi connectivity index (χ1) is 11.7. The molecule has 3 rings (SSSR count). The molecular formula is C20H18N2O2. The Balaban J connectivity index is 1.94. The molecule has 0 amide bonds. The summed E-state index contributed by atoms with van der Waals surface area (Å²) in [6, 6.07) is 13.3. The van der Waals surface area contributed by atoms with Gasteiger partial charge >= 0.3 is 0 Å². The highest BCUT2D eigenvalue weighted by Crippen LogP contribution is 2.28. The molecule has 2 aromatic carbocycles. The van der Waals surface area contributed by atoms with Crippen molar-refractivity contribution in [3.05, 3.63) is 66.0 Å². The number of imidazole rings is 1. The van der Waals surface area contributed by atoms with E-state index in [1.807, 2.05) is 54.1 Å². The van der Waals surface area contributed by atoms with Crippen molar-refractivity contribution in [3.8, 4) is 34.7 Å². The van der Waals surface area contributed by atoms with Crippen molar-refractivity contribution in [1.82, 2.24) is 9.55 Å². The Kier molecular flexibility index (Phi) is 4.64. The summed E-state index contributed by atoms with van der Waals surface area (Å²) in [5.41, 5.74) is 3.53. The van der Waals surface area contributed by atoms with Crippen molar-refractivity contribution in [1.29, 1.82) is 0 Å². The number of hydrogen-bond donors (Lipinski definition) is 2. The normalized spacial score (nSPS) is 10.2. The number of hydrogen-bond acceptors (Lipinski definition) is 3. The molecule has 3 aromatic rings. The van der Waals surface area contributed by atoms with Crippen molar-refractivity contribution >= 4 is 0 Å². The number of aliphatic hydroxyl groups excluding tert-OH is 1. The number of aromatic hydroxyl groups is 1. The Morgan fingerprint density at radius 2 is 1.92 bits per heavy atom. The molecule has 1 aromatic heterocycles. The first-order valence-electron chi connectivity index (χ1n) is 7.72. The van der Waals surface area contributed by atoms with E-state index >= 15 is 0 Å². The Labute approximate surface area is 141 Å². The third kappa shape index (κ3) is 3.32. The number of aliphatic hydroxyl groups is 1. The van der Waals surface area contributed by atoms with Crippen molar-refractivity contribution in [2.24, 2.45) is 0 Å². The number of aromatic nitrogens is 2. The molecular weight excluding hydrogens is 300 g/mol. The topological polar surface area (TPSA) is 58.3 Å². The quantitative estimate of drug-likeness (QED) is 0.729. The fraction of sp³-hybridized carbons (Fsp3) is 0.150. The Morgan fingerprint density at radius 3 is 2.62 bits per heavy atom. The van der Waals surface area contributed by atoms with Gasteiger partial charge in [-0.3, -0.25) is 4.57 Å². The molecule has 0 radical (unpaired) electrons. The van der Waals surface area contributed by atoms with Crippen LogP contribution in [0.1, 0.15) is 17.5 Å². The summed E-state index contributed by atoms with van der Waals surface area (Å²) in [7, 11) is 0. The van der Waals surface area contributed by atoms with E-state index in [1.54, 1.807) is 12.3 Å². The van der Waals surface area contributed by atoms with Crippen LogP contribution in [0, 0.1) is 18.8 Å². The molecule has 4 heteroatoms. The maximum Gasteiger partial charge on any atom is 0.144 e. The maximum absolute atomic E-state index is 10.2. The van der Waals surface area contributed by atoms with E-state index in [-0.39, 0.29) is 12.4 Å². The molecule has 2 N–H and O–H groups in total. The van der Waals surface area contributed by atoms with Crippen LogP contribution in [0.4, 0.5) is 0 Å². The van der Waals surface area contributed by atoms with Gasteiger partial charge < -0.3 is 10.2 Å². The van der Waals surface area contributed by atoms with Crippen LogP contribution in [-0.4, -0.2) is 26.4 Å². The molecule has 0 saturated carbocycles. The van der Waals surface area contributed by atoms with E-state index in [0.717, 1.165) is 22.5 Å². The second-order valence-corrected chi connectivity index (χ2v) is 5.47. The van der Waals surface area contributed by atoms with Crippen LogP contribution in [0.5, 0.6) is 5.75 Å². The number of benzene rings is 2. The fourth-order valence-electron chi connectivity index (χ4n) is 2.47. The van der Waals surface area contributed by atoms with Gasteiger partial charge in [0.15, 0.2) is 0 Å². The summed E-state index contributed by atoms with van der Waals surface area (Å²) in [6.07, 6.45) is 4.01. The molecule has 1 heterocycles. The first-order valence-corrected chi connectivity index (χ1v) is 7.72. The SMILES string of the molecule is Cc1ccc(-n2ccnc2-c2ccc(C#CCCO)cc2)c(O)c1. The standard InChI is InChI=1S/C20H18N2O2/c1-15-5-10-18(19(24)14-15)22-12-11-21-20(22)17-8-6-16(7-9-17)4-2-3-13-23/h5-12,14,23-24H,3,13H2,1H3. The number of phenolic OH excluding ortho intramolecular Hbond substituents is 1. The zero-order chi connectivity index (χ0) is 16.9. The van der Waals surface area contributed by atoms with E-state index in [1.165, 1.54) is 0 Å². The Bertz CT molecular complexity index is 899. The van der Waals surface area contributed by atoms with Crippen LogP contribution in [0.2, 0.25) is 0 Å². The minimum Gasteiger partial charge on any atom is -0.506 e. The third-order valence-corrected chi connectivity index (χ3v) is 3.64. The zero-order valence-corrected chi connectivity index (χ0v) is 13.4. The van der Waals surface area contributed by atoms with Crippen molar-refractivity contribution in [2.75, 3.05) is 6.61 Å². The molecule has 0 aliphatic carbocycles. The van der Waals surface area contributed by atoms with Gasteiger partial charge in [0.2, 0.25) is 0 Å². The maximum atomic E-state index is 10.2. The lowest BCUT2D eigenvalue weighted by Crippen LogP contribution is -1.97. The van der Waals surface area contributed by atoms with Crippen molar-refractivity contribution < 1.29 is 10.2 Å². The van der Waals surface area contributed by atoms with Gasteiger partial charge in [-0.15, -0.1) is 0 Å². The van der Waals surface area contributed by atoms with Gasteiger partial charge in [-0.2, -0.15) is 0 Å². The van der Waals surface area contributed by atoms with E-state index in [9.17, 15) is 5.11 Å².